The number of anilines is 1. The third-order valence-electron chi connectivity index (χ3n) is 6.37. The van der Waals surface area contributed by atoms with Crippen molar-refractivity contribution in [2.24, 2.45) is 4.99 Å². The highest BCUT2D eigenvalue weighted by Crippen LogP contribution is 2.37. The summed E-state index contributed by atoms with van der Waals surface area (Å²) in [5.41, 5.74) is 2.40. The van der Waals surface area contributed by atoms with Gasteiger partial charge in [0.25, 0.3) is 0 Å². The van der Waals surface area contributed by atoms with Crippen LogP contribution in [-0.4, -0.2) is 115 Å². The van der Waals surface area contributed by atoms with Gasteiger partial charge in [0.15, 0.2) is 17.4 Å². The Kier molecular flexibility index (Phi) is 8.09. The van der Waals surface area contributed by atoms with Crippen molar-refractivity contribution >= 4 is 34.7 Å². The Hall–Kier alpha value is -3.90. The van der Waals surface area contributed by atoms with E-state index in [4.69, 9.17) is 9.47 Å². The van der Waals surface area contributed by atoms with Gasteiger partial charge in [-0.1, -0.05) is 0 Å². The van der Waals surface area contributed by atoms with Gasteiger partial charge in [0.05, 0.1) is 37.4 Å². The van der Waals surface area contributed by atoms with E-state index in [1.165, 1.54) is 6.33 Å². The molecule has 1 aromatic carbocycles. The van der Waals surface area contributed by atoms with Crippen LogP contribution in [0.5, 0.6) is 17.4 Å². The van der Waals surface area contributed by atoms with Gasteiger partial charge in [-0.05, 0) is 20.2 Å². The number of nitrogens with one attached hydrogen (secondary N) is 2. The van der Waals surface area contributed by atoms with Crippen LogP contribution in [0.1, 0.15) is 11.1 Å². The van der Waals surface area contributed by atoms with Crippen LogP contribution in [0.25, 0.3) is 11.0 Å². The number of aliphatic imine (C=N–C) groups is 1. The predicted octanol–water partition coefficient (Wildman–Crippen LogP) is 1.68. The summed E-state index contributed by atoms with van der Waals surface area (Å²) in [6.07, 6.45) is 3.02. The SMILES string of the molecule is COc1cc2cc(c1OC)CN(C)CC(=O)N(C)CCN(C)CCNc1ncnc3[nH]c(O)c(c13)C=N2. The zero-order chi connectivity index (χ0) is 26.5. The van der Waals surface area contributed by atoms with Crippen LogP contribution in [0.15, 0.2) is 23.5 Å². The van der Waals surface area contributed by atoms with Crippen molar-refractivity contribution in [2.75, 3.05) is 73.4 Å². The topological polar surface area (TPSA) is 131 Å². The lowest BCUT2D eigenvalue weighted by atomic mass is 10.1. The van der Waals surface area contributed by atoms with Gasteiger partial charge < -0.3 is 34.7 Å². The Bertz CT molecular complexity index is 1290. The number of hydrogen-bond donors (Lipinski definition) is 3. The quantitative estimate of drug-likeness (QED) is 0.471. The van der Waals surface area contributed by atoms with Gasteiger partial charge in [-0.2, -0.15) is 0 Å². The zero-order valence-corrected chi connectivity index (χ0v) is 21.9. The number of benzene rings is 1. The molecule has 198 valence electrons. The lowest BCUT2D eigenvalue weighted by molar-refractivity contribution is -0.131. The highest BCUT2D eigenvalue weighted by atomic mass is 16.5. The molecule has 4 rings (SSSR count). The van der Waals surface area contributed by atoms with Crippen molar-refractivity contribution in [2.45, 2.75) is 6.54 Å². The molecule has 2 bridgehead atoms. The molecule has 0 spiro atoms. The summed E-state index contributed by atoms with van der Waals surface area (Å²) >= 11 is 0. The number of carbonyl (C=O) groups is 1. The second kappa shape index (κ2) is 11.4. The highest BCUT2D eigenvalue weighted by Gasteiger charge is 2.19. The van der Waals surface area contributed by atoms with Crippen LogP contribution >= 0.6 is 0 Å². The predicted molar refractivity (Wildman–Crippen MR) is 142 cm³/mol. The lowest BCUT2D eigenvalue weighted by Gasteiger charge is -2.25. The molecule has 1 aliphatic rings. The van der Waals surface area contributed by atoms with Crippen molar-refractivity contribution in [1.82, 2.24) is 29.7 Å². The molecule has 0 radical (unpaired) electrons. The van der Waals surface area contributed by atoms with Gasteiger partial charge in [-0.15, -0.1) is 0 Å². The second-order valence-electron chi connectivity index (χ2n) is 9.15. The fourth-order valence-electron chi connectivity index (χ4n) is 4.27. The molecule has 0 fully saturated rings. The number of nitrogens with zero attached hydrogens (tertiary/aromatic N) is 6. The van der Waals surface area contributed by atoms with Crippen molar-refractivity contribution in [3.05, 3.63) is 29.6 Å². The van der Waals surface area contributed by atoms with E-state index >= 15 is 0 Å². The molecule has 3 N–H and O–H groups in total. The van der Waals surface area contributed by atoms with Gasteiger partial charge in [0.1, 0.15) is 17.8 Å². The molecule has 12 heteroatoms. The third kappa shape index (κ3) is 5.92. The van der Waals surface area contributed by atoms with E-state index in [1.54, 1.807) is 31.4 Å². The molecule has 37 heavy (non-hydrogen) atoms. The molecular weight excluding hydrogens is 476 g/mol. The molecule has 12 nitrogen and oxygen atoms in total. The van der Waals surface area contributed by atoms with E-state index in [2.05, 4.69) is 30.2 Å². The molecule has 0 aliphatic carbocycles. The highest BCUT2D eigenvalue weighted by molar-refractivity contribution is 6.06. The van der Waals surface area contributed by atoms with Crippen LogP contribution in [0, 0.1) is 0 Å². The average molecular weight is 511 g/mol. The monoisotopic (exact) mass is 510 g/mol. The Morgan fingerprint density at radius 2 is 1.81 bits per heavy atom. The standard InChI is InChI=1S/C25H34N8O4/c1-31-7-6-26-23-21-18(25(35)30-24(21)29-15-28-23)12-27-17-10-16(22(37-5)19(11-17)36-4)13-32(2)14-20(34)33(3)9-8-31/h10-12,15,35H,6-9,13-14H2,1-5H3,(H2,26,28,29,30). The fraction of sp³-hybridized carbons (Fsp3) is 0.440. The van der Waals surface area contributed by atoms with Crippen molar-refractivity contribution in [1.29, 1.82) is 0 Å². The fourth-order valence-corrected chi connectivity index (χ4v) is 4.27. The first-order valence-corrected chi connectivity index (χ1v) is 12.0. The number of ether oxygens (including phenoxy) is 2. The second-order valence-corrected chi connectivity index (χ2v) is 9.15. The molecule has 0 saturated carbocycles. The molecule has 1 amide bonds. The number of amides is 1. The largest absolute Gasteiger partial charge is 0.494 e. The first kappa shape index (κ1) is 26.2. The summed E-state index contributed by atoms with van der Waals surface area (Å²) in [4.78, 5) is 34.9. The maximum atomic E-state index is 12.8. The first-order chi connectivity index (χ1) is 17.8. The zero-order valence-electron chi connectivity index (χ0n) is 21.9. The van der Waals surface area contributed by atoms with E-state index in [1.807, 2.05) is 32.1 Å². The van der Waals surface area contributed by atoms with Crippen molar-refractivity contribution < 1.29 is 19.4 Å². The van der Waals surface area contributed by atoms with Crippen LogP contribution in [0.3, 0.4) is 0 Å². The molecular formula is C25H34N8O4. The summed E-state index contributed by atoms with van der Waals surface area (Å²) < 4.78 is 11.2. The molecule has 0 unspecified atom stereocenters. The van der Waals surface area contributed by atoms with Crippen LogP contribution < -0.4 is 14.8 Å². The Labute approximate surface area is 215 Å². The van der Waals surface area contributed by atoms with E-state index in [0.717, 1.165) is 18.7 Å². The Balaban J connectivity index is 1.78. The van der Waals surface area contributed by atoms with E-state index < -0.39 is 0 Å². The van der Waals surface area contributed by atoms with Crippen LogP contribution in [0.4, 0.5) is 11.5 Å². The number of carbonyl (C=O) groups excluding carboxylic acids is 1. The molecule has 0 saturated heterocycles. The number of methoxy groups -OCH3 is 2. The summed E-state index contributed by atoms with van der Waals surface area (Å²) in [6.45, 7) is 3.38. The minimum Gasteiger partial charge on any atom is -0.494 e. The van der Waals surface area contributed by atoms with E-state index in [9.17, 15) is 9.90 Å². The minimum absolute atomic E-state index is 0.0325. The third-order valence-corrected chi connectivity index (χ3v) is 6.37. The first-order valence-electron chi connectivity index (χ1n) is 12.0. The summed E-state index contributed by atoms with van der Waals surface area (Å²) in [7, 11) is 8.87. The van der Waals surface area contributed by atoms with Gasteiger partial charge in [-0.3, -0.25) is 14.7 Å². The summed E-state index contributed by atoms with van der Waals surface area (Å²) in [6, 6.07) is 3.64. The number of fused-ring (bicyclic) bond motifs is 2. The van der Waals surface area contributed by atoms with Gasteiger partial charge >= 0.3 is 0 Å². The smallest absolute Gasteiger partial charge is 0.236 e. The maximum absolute atomic E-state index is 12.8. The van der Waals surface area contributed by atoms with Crippen LogP contribution in [-0.2, 0) is 11.3 Å². The number of rotatable bonds is 2. The number of hydrogen-bond acceptors (Lipinski definition) is 10. The number of aromatic hydroxyl groups is 1. The minimum atomic E-state index is -0.0488. The van der Waals surface area contributed by atoms with E-state index in [0.29, 0.717) is 59.2 Å². The Morgan fingerprint density at radius 3 is 2.57 bits per heavy atom. The number of aromatic amines is 1. The van der Waals surface area contributed by atoms with Gasteiger partial charge in [-0.25, -0.2) is 9.97 Å². The number of aromatic nitrogens is 3. The Morgan fingerprint density at radius 1 is 1.00 bits per heavy atom. The molecule has 2 aromatic heterocycles. The summed E-state index contributed by atoms with van der Waals surface area (Å²) in [5, 5.41) is 14.6. The molecule has 3 heterocycles. The van der Waals surface area contributed by atoms with Gasteiger partial charge in [0.2, 0.25) is 5.91 Å². The number of likely N-dealkylation sites (N-methyl/N-ethyl adjacent to an activating group) is 3. The average Bonchev–Trinajstić information content (AvgIpc) is 3.20. The van der Waals surface area contributed by atoms with Crippen molar-refractivity contribution in [3.63, 3.8) is 0 Å². The van der Waals surface area contributed by atoms with E-state index in [-0.39, 0.29) is 18.3 Å². The maximum Gasteiger partial charge on any atom is 0.236 e. The lowest BCUT2D eigenvalue weighted by Crippen LogP contribution is -2.40. The molecule has 1 aliphatic heterocycles. The normalized spacial score (nSPS) is 16.7. The van der Waals surface area contributed by atoms with Gasteiger partial charge in [0, 0.05) is 57.6 Å². The molecule has 0 atom stereocenters. The number of H-pyrrole nitrogens is 1. The summed E-state index contributed by atoms with van der Waals surface area (Å²) in [5.74, 6) is 1.68. The molecule has 3 aromatic rings. The van der Waals surface area contributed by atoms with Crippen molar-refractivity contribution in [3.8, 4) is 17.4 Å². The van der Waals surface area contributed by atoms with Crippen LogP contribution in [0.2, 0.25) is 0 Å².